The Morgan fingerprint density at radius 3 is 2.48 bits per heavy atom. The molecule has 0 unspecified atom stereocenters. The third kappa shape index (κ3) is 4.78. The molecular formula is C19H18Cl2N4O2. The van der Waals surface area contributed by atoms with Crippen molar-refractivity contribution in [1.29, 1.82) is 0 Å². The molecule has 140 valence electrons. The number of pyridine rings is 1. The number of aromatic nitrogens is 3. The largest absolute Gasteiger partial charge is 0.484 e. The average molecular weight is 405 g/mol. The summed E-state index contributed by atoms with van der Waals surface area (Å²) in [6.45, 7) is 5.63. The maximum absolute atomic E-state index is 12.3. The van der Waals surface area contributed by atoms with Gasteiger partial charge in [0.05, 0.1) is 15.7 Å². The molecule has 0 aliphatic heterocycles. The van der Waals surface area contributed by atoms with E-state index in [9.17, 15) is 4.79 Å². The fourth-order valence-corrected chi connectivity index (χ4v) is 3.12. The molecule has 3 rings (SSSR count). The van der Waals surface area contributed by atoms with Gasteiger partial charge in [0.25, 0.3) is 5.91 Å². The van der Waals surface area contributed by atoms with Crippen molar-refractivity contribution < 1.29 is 9.53 Å². The molecule has 27 heavy (non-hydrogen) atoms. The average Bonchev–Trinajstić information content (AvgIpc) is 2.92. The Bertz CT molecular complexity index is 981. The number of carbonyl (C=O) groups excluding carboxylic acids is 1. The van der Waals surface area contributed by atoms with Gasteiger partial charge in [0.1, 0.15) is 11.6 Å². The second-order valence-electron chi connectivity index (χ2n) is 6.20. The van der Waals surface area contributed by atoms with Crippen LogP contribution in [0.25, 0.3) is 5.82 Å². The van der Waals surface area contributed by atoms with E-state index in [0.717, 1.165) is 11.1 Å². The lowest BCUT2D eigenvalue weighted by Gasteiger charge is -2.11. The van der Waals surface area contributed by atoms with E-state index in [4.69, 9.17) is 27.9 Å². The molecule has 0 aliphatic carbocycles. The Morgan fingerprint density at radius 2 is 1.81 bits per heavy atom. The van der Waals surface area contributed by atoms with Crippen LogP contribution >= 0.6 is 23.2 Å². The van der Waals surface area contributed by atoms with Crippen molar-refractivity contribution >= 4 is 34.9 Å². The van der Waals surface area contributed by atoms with Gasteiger partial charge in [-0.05, 0) is 50.1 Å². The second kappa shape index (κ2) is 7.98. The first kappa shape index (κ1) is 19.2. The van der Waals surface area contributed by atoms with Crippen LogP contribution in [0.5, 0.6) is 5.75 Å². The summed E-state index contributed by atoms with van der Waals surface area (Å²) in [4.78, 5) is 16.5. The first-order valence-electron chi connectivity index (χ1n) is 8.21. The van der Waals surface area contributed by atoms with E-state index in [-0.39, 0.29) is 12.5 Å². The molecule has 8 heteroatoms. The number of aryl methyl sites for hydroxylation is 3. The van der Waals surface area contributed by atoms with Crippen molar-refractivity contribution in [3.8, 4) is 11.6 Å². The van der Waals surface area contributed by atoms with Crippen LogP contribution in [0, 0.1) is 20.8 Å². The Balaban J connectivity index is 1.74. The molecule has 1 N–H and O–H groups in total. The van der Waals surface area contributed by atoms with E-state index in [1.54, 1.807) is 12.1 Å². The Morgan fingerprint density at radius 1 is 1.11 bits per heavy atom. The number of nitrogens with zero attached hydrogens (tertiary/aromatic N) is 3. The molecule has 2 aromatic heterocycles. The van der Waals surface area contributed by atoms with Crippen molar-refractivity contribution in [2.75, 3.05) is 11.9 Å². The number of hydrogen-bond donors (Lipinski definition) is 1. The molecule has 0 spiro atoms. The predicted octanol–water partition coefficient (Wildman–Crippen LogP) is 4.52. The summed E-state index contributed by atoms with van der Waals surface area (Å²) in [5.41, 5.74) is 2.85. The molecule has 2 heterocycles. The van der Waals surface area contributed by atoms with Gasteiger partial charge >= 0.3 is 0 Å². The number of carbonyl (C=O) groups is 1. The SMILES string of the molecule is Cc1cc(C)cc(OCC(=O)Nc2cc(C)nn2-c2ncc(Cl)cc2Cl)c1. The third-order valence-electron chi connectivity index (χ3n) is 3.65. The number of anilines is 1. The smallest absolute Gasteiger partial charge is 0.263 e. The molecule has 0 radical (unpaired) electrons. The summed E-state index contributed by atoms with van der Waals surface area (Å²) in [6.07, 6.45) is 1.47. The molecule has 1 aromatic carbocycles. The summed E-state index contributed by atoms with van der Waals surface area (Å²) in [6, 6.07) is 9.09. The Kier molecular flexibility index (Phi) is 5.68. The van der Waals surface area contributed by atoms with Crippen molar-refractivity contribution in [2.24, 2.45) is 0 Å². The number of halogens is 2. The highest BCUT2D eigenvalue weighted by Crippen LogP contribution is 2.25. The van der Waals surface area contributed by atoms with E-state index < -0.39 is 0 Å². The minimum atomic E-state index is -0.319. The number of nitrogens with one attached hydrogen (secondary N) is 1. The van der Waals surface area contributed by atoms with Gasteiger partial charge in [-0.1, -0.05) is 29.3 Å². The monoisotopic (exact) mass is 404 g/mol. The zero-order valence-corrected chi connectivity index (χ0v) is 16.6. The lowest BCUT2D eigenvalue weighted by molar-refractivity contribution is -0.118. The van der Waals surface area contributed by atoms with Crippen LogP contribution in [0.1, 0.15) is 16.8 Å². The summed E-state index contributed by atoms with van der Waals surface area (Å²) in [7, 11) is 0. The number of benzene rings is 1. The van der Waals surface area contributed by atoms with Crippen molar-refractivity contribution in [2.45, 2.75) is 20.8 Å². The molecule has 6 nitrogen and oxygen atoms in total. The number of rotatable bonds is 5. The van der Waals surface area contributed by atoms with Crippen LogP contribution in [0.4, 0.5) is 5.82 Å². The van der Waals surface area contributed by atoms with E-state index in [1.807, 2.05) is 39.0 Å². The zero-order valence-electron chi connectivity index (χ0n) is 15.1. The van der Waals surface area contributed by atoms with Gasteiger partial charge in [0.2, 0.25) is 0 Å². The van der Waals surface area contributed by atoms with Crippen LogP contribution < -0.4 is 10.1 Å². The van der Waals surface area contributed by atoms with Crippen LogP contribution in [0.15, 0.2) is 36.5 Å². The lowest BCUT2D eigenvalue weighted by Crippen LogP contribution is -2.22. The highest BCUT2D eigenvalue weighted by atomic mass is 35.5. The van der Waals surface area contributed by atoms with E-state index >= 15 is 0 Å². The summed E-state index contributed by atoms with van der Waals surface area (Å²) < 4.78 is 7.05. The minimum absolute atomic E-state index is 0.130. The maximum Gasteiger partial charge on any atom is 0.263 e. The maximum atomic E-state index is 12.3. The first-order valence-corrected chi connectivity index (χ1v) is 8.96. The van der Waals surface area contributed by atoms with Gasteiger partial charge in [-0.25, -0.2) is 4.98 Å². The molecule has 0 bridgehead atoms. The number of amides is 1. The van der Waals surface area contributed by atoms with Gasteiger partial charge < -0.3 is 10.1 Å². The summed E-state index contributed by atoms with van der Waals surface area (Å²) in [5.74, 6) is 1.15. The quantitative estimate of drug-likeness (QED) is 0.678. The highest BCUT2D eigenvalue weighted by molar-refractivity contribution is 6.35. The normalized spacial score (nSPS) is 10.7. The van der Waals surface area contributed by atoms with Crippen LogP contribution in [-0.4, -0.2) is 27.3 Å². The van der Waals surface area contributed by atoms with Gasteiger partial charge in [-0.15, -0.1) is 0 Å². The lowest BCUT2D eigenvalue weighted by atomic mass is 10.1. The van der Waals surface area contributed by atoms with Crippen LogP contribution in [-0.2, 0) is 4.79 Å². The standard InChI is InChI=1S/C19H18Cl2N4O2/c1-11-4-12(2)6-15(5-11)27-10-18(26)23-17-7-13(3)24-25(17)19-16(21)8-14(20)9-22-19/h4-9H,10H2,1-3H3,(H,23,26). The molecular weight excluding hydrogens is 387 g/mol. The minimum Gasteiger partial charge on any atom is -0.484 e. The van der Waals surface area contributed by atoms with E-state index in [0.29, 0.717) is 33.1 Å². The number of hydrogen-bond acceptors (Lipinski definition) is 4. The molecule has 0 saturated heterocycles. The predicted molar refractivity (Wildman–Crippen MR) is 106 cm³/mol. The Labute approximate surface area is 167 Å². The second-order valence-corrected chi connectivity index (χ2v) is 7.05. The zero-order chi connectivity index (χ0) is 19.6. The molecule has 0 aliphatic rings. The van der Waals surface area contributed by atoms with Crippen LogP contribution in [0.3, 0.4) is 0 Å². The summed E-state index contributed by atoms with van der Waals surface area (Å²) >= 11 is 12.1. The molecule has 1 amide bonds. The van der Waals surface area contributed by atoms with E-state index in [1.165, 1.54) is 10.9 Å². The Hall–Kier alpha value is -2.57. The molecule has 0 saturated carbocycles. The van der Waals surface area contributed by atoms with Crippen LogP contribution in [0.2, 0.25) is 10.0 Å². The van der Waals surface area contributed by atoms with Gasteiger partial charge in [-0.2, -0.15) is 9.78 Å². The number of ether oxygens (including phenoxy) is 1. The molecule has 3 aromatic rings. The van der Waals surface area contributed by atoms with E-state index in [2.05, 4.69) is 15.4 Å². The van der Waals surface area contributed by atoms with Gasteiger partial charge in [0.15, 0.2) is 12.4 Å². The highest BCUT2D eigenvalue weighted by Gasteiger charge is 2.15. The van der Waals surface area contributed by atoms with Gasteiger partial charge in [-0.3, -0.25) is 4.79 Å². The molecule has 0 atom stereocenters. The molecule has 0 fully saturated rings. The van der Waals surface area contributed by atoms with Gasteiger partial charge in [0, 0.05) is 12.3 Å². The topological polar surface area (TPSA) is 69.0 Å². The van der Waals surface area contributed by atoms with Crippen molar-refractivity contribution in [3.05, 3.63) is 63.4 Å². The van der Waals surface area contributed by atoms with Crippen molar-refractivity contribution in [3.63, 3.8) is 0 Å². The summed E-state index contributed by atoms with van der Waals surface area (Å²) in [5, 5.41) is 7.86. The fraction of sp³-hybridized carbons (Fsp3) is 0.211. The first-order chi connectivity index (χ1) is 12.8. The third-order valence-corrected chi connectivity index (χ3v) is 4.14. The fourth-order valence-electron chi connectivity index (χ4n) is 2.66. The van der Waals surface area contributed by atoms with Crippen molar-refractivity contribution in [1.82, 2.24) is 14.8 Å².